The van der Waals surface area contributed by atoms with Crippen LogP contribution in [0.5, 0.6) is 0 Å². The van der Waals surface area contributed by atoms with Crippen LogP contribution in [0.2, 0.25) is 0 Å². The third-order valence-electron chi connectivity index (χ3n) is 4.05. The average Bonchev–Trinajstić information content (AvgIpc) is 2.42. The van der Waals surface area contributed by atoms with Crippen LogP contribution in [-0.4, -0.2) is 42.3 Å². The summed E-state index contributed by atoms with van der Waals surface area (Å²) >= 11 is 0. The highest BCUT2D eigenvalue weighted by atomic mass is 16.3. The van der Waals surface area contributed by atoms with Crippen LogP contribution < -0.4 is 5.73 Å². The highest BCUT2D eigenvalue weighted by Gasteiger charge is 2.29. The average molecular weight is 248 g/mol. The lowest BCUT2D eigenvalue weighted by Crippen LogP contribution is -2.47. The number of benzene rings is 1. The molecule has 1 heterocycles. The van der Waals surface area contributed by atoms with Gasteiger partial charge in [-0.2, -0.15) is 0 Å². The Labute approximate surface area is 110 Å². The fraction of sp³-hybridized carbons (Fsp3) is 0.600. The third kappa shape index (κ3) is 3.10. The fourth-order valence-electron chi connectivity index (χ4n) is 2.69. The van der Waals surface area contributed by atoms with Gasteiger partial charge in [-0.3, -0.25) is 0 Å². The highest BCUT2D eigenvalue weighted by molar-refractivity contribution is 5.25. The molecule has 3 heteroatoms. The Morgan fingerprint density at radius 1 is 1.28 bits per heavy atom. The van der Waals surface area contributed by atoms with Crippen LogP contribution in [0.3, 0.4) is 0 Å². The summed E-state index contributed by atoms with van der Waals surface area (Å²) in [5.74, 6) is 0. The molecule has 1 unspecified atom stereocenters. The van der Waals surface area contributed by atoms with Crippen LogP contribution >= 0.6 is 0 Å². The quantitative estimate of drug-likeness (QED) is 0.846. The SMILES string of the molecule is CC(CN)(CN1CCC(O)CC1)c1ccccc1. The molecule has 0 radical (unpaired) electrons. The van der Waals surface area contributed by atoms with E-state index in [1.807, 2.05) is 6.07 Å². The van der Waals surface area contributed by atoms with E-state index in [-0.39, 0.29) is 11.5 Å². The minimum Gasteiger partial charge on any atom is -0.393 e. The number of aliphatic hydroxyl groups excluding tert-OH is 1. The summed E-state index contributed by atoms with van der Waals surface area (Å²) in [6, 6.07) is 10.5. The Kier molecular flexibility index (Phi) is 4.38. The molecule has 0 spiro atoms. The molecule has 0 aliphatic carbocycles. The lowest BCUT2D eigenvalue weighted by molar-refractivity contribution is 0.0724. The van der Waals surface area contributed by atoms with Crippen molar-refractivity contribution in [3.05, 3.63) is 35.9 Å². The number of piperidine rings is 1. The summed E-state index contributed by atoms with van der Waals surface area (Å²) in [7, 11) is 0. The first kappa shape index (κ1) is 13.5. The minimum atomic E-state index is -0.109. The lowest BCUT2D eigenvalue weighted by Gasteiger charge is -2.38. The van der Waals surface area contributed by atoms with Crippen LogP contribution in [0, 0.1) is 0 Å². The molecule has 1 saturated heterocycles. The topological polar surface area (TPSA) is 49.5 Å². The maximum atomic E-state index is 9.55. The van der Waals surface area contributed by atoms with E-state index in [1.54, 1.807) is 0 Å². The first-order valence-electron chi connectivity index (χ1n) is 6.80. The van der Waals surface area contributed by atoms with Crippen molar-refractivity contribution in [2.75, 3.05) is 26.2 Å². The number of nitrogens with zero attached hydrogens (tertiary/aromatic N) is 1. The molecule has 0 saturated carbocycles. The van der Waals surface area contributed by atoms with Crippen LogP contribution in [-0.2, 0) is 5.41 Å². The van der Waals surface area contributed by atoms with E-state index in [2.05, 4.69) is 36.1 Å². The maximum absolute atomic E-state index is 9.55. The molecule has 0 amide bonds. The van der Waals surface area contributed by atoms with Gasteiger partial charge in [0.25, 0.3) is 0 Å². The van der Waals surface area contributed by atoms with Crippen LogP contribution in [0.1, 0.15) is 25.3 Å². The summed E-state index contributed by atoms with van der Waals surface area (Å²) in [5.41, 5.74) is 7.32. The normalized spacial score (nSPS) is 21.7. The largest absolute Gasteiger partial charge is 0.393 e. The van der Waals surface area contributed by atoms with Crippen LogP contribution in [0.4, 0.5) is 0 Å². The predicted octanol–water partition coefficient (Wildman–Crippen LogP) is 1.36. The van der Waals surface area contributed by atoms with Gasteiger partial charge in [-0.25, -0.2) is 0 Å². The lowest BCUT2D eigenvalue weighted by atomic mass is 9.81. The molecule has 3 nitrogen and oxygen atoms in total. The van der Waals surface area contributed by atoms with Crippen molar-refractivity contribution >= 4 is 0 Å². The van der Waals surface area contributed by atoms with E-state index in [9.17, 15) is 5.11 Å². The van der Waals surface area contributed by atoms with Gasteiger partial charge < -0.3 is 15.7 Å². The Balaban J connectivity index is 2.04. The van der Waals surface area contributed by atoms with Gasteiger partial charge in [-0.05, 0) is 18.4 Å². The second-order valence-corrected chi connectivity index (χ2v) is 5.64. The molecular weight excluding hydrogens is 224 g/mol. The van der Waals surface area contributed by atoms with Crippen molar-refractivity contribution in [2.45, 2.75) is 31.3 Å². The van der Waals surface area contributed by atoms with Crippen LogP contribution in [0.15, 0.2) is 30.3 Å². The molecule has 1 aliphatic rings. The molecule has 3 N–H and O–H groups in total. The first-order chi connectivity index (χ1) is 8.64. The Morgan fingerprint density at radius 3 is 2.44 bits per heavy atom. The van der Waals surface area contributed by atoms with Crippen molar-refractivity contribution in [3.8, 4) is 0 Å². The van der Waals surface area contributed by atoms with Crippen molar-refractivity contribution in [3.63, 3.8) is 0 Å². The second kappa shape index (κ2) is 5.83. The van der Waals surface area contributed by atoms with E-state index in [0.29, 0.717) is 6.54 Å². The summed E-state index contributed by atoms with van der Waals surface area (Å²) < 4.78 is 0. The smallest absolute Gasteiger partial charge is 0.0564 e. The standard InChI is InChI=1S/C15H24N2O/c1-15(11-16,13-5-3-2-4-6-13)12-17-9-7-14(18)8-10-17/h2-6,14,18H,7-12,16H2,1H3. The summed E-state index contributed by atoms with van der Waals surface area (Å²) in [4.78, 5) is 2.42. The molecule has 18 heavy (non-hydrogen) atoms. The molecule has 1 aliphatic heterocycles. The van der Waals surface area contributed by atoms with E-state index in [4.69, 9.17) is 5.73 Å². The second-order valence-electron chi connectivity index (χ2n) is 5.64. The Hall–Kier alpha value is -0.900. The van der Waals surface area contributed by atoms with Gasteiger partial charge in [0.05, 0.1) is 6.10 Å². The Morgan fingerprint density at radius 2 is 1.89 bits per heavy atom. The minimum absolute atomic E-state index is 0.00352. The van der Waals surface area contributed by atoms with E-state index >= 15 is 0 Å². The number of aliphatic hydroxyl groups is 1. The van der Waals surface area contributed by atoms with Crippen molar-refractivity contribution in [1.82, 2.24) is 4.90 Å². The van der Waals surface area contributed by atoms with Crippen LogP contribution in [0.25, 0.3) is 0 Å². The molecule has 1 atom stereocenters. The summed E-state index contributed by atoms with van der Waals surface area (Å²) in [6.07, 6.45) is 1.66. The molecule has 1 aromatic rings. The van der Waals surface area contributed by atoms with Gasteiger partial charge in [0.2, 0.25) is 0 Å². The number of nitrogens with two attached hydrogens (primary N) is 1. The van der Waals surface area contributed by atoms with Gasteiger partial charge in [-0.1, -0.05) is 37.3 Å². The number of hydrogen-bond acceptors (Lipinski definition) is 3. The van der Waals surface area contributed by atoms with Gasteiger partial charge in [-0.15, -0.1) is 0 Å². The zero-order valence-corrected chi connectivity index (χ0v) is 11.2. The van der Waals surface area contributed by atoms with Crippen molar-refractivity contribution < 1.29 is 5.11 Å². The fourth-order valence-corrected chi connectivity index (χ4v) is 2.69. The van der Waals surface area contributed by atoms with Gasteiger partial charge in [0.1, 0.15) is 0 Å². The Bertz CT molecular complexity index is 360. The van der Waals surface area contributed by atoms with E-state index in [0.717, 1.165) is 32.5 Å². The molecule has 1 fully saturated rings. The summed E-state index contributed by atoms with van der Waals surface area (Å²) in [6.45, 7) is 5.80. The van der Waals surface area contributed by atoms with Gasteiger partial charge >= 0.3 is 0 Å². The molecule has 0 bridgehead atoms. The highest BCUT2D eigenvalue weighted by Crippen LogP contribution is 2.25. The van der Waals surface area contributed by atoms with Crippen molar-refractivity contribution in [2.24, 2.45) is 5.73 Å². The first-order valence-corrected chi connectivity index (χ1v) is 6.80. The number of hydrogen-bond donors (Lipinski definition) is 2. The molecule has 2 rings (SSSR count). The molecule has 1 aromatic carbocycles. The molecular formula is C15H24N2O. The zero-order valence-electron chi connectivity index (χ0n) is 11.2. The monoisotopic (exact) mass is 248 g/mol. The number of likely N-dealkylation sites (tertiary alicyclic amines) is 1. The number of rotatable bonds is 4. The van der Waals surface area contributed by atoms with Gasteiger partial charge in [0.15, 0.2) is 0 Å². The third-order valence-corrected chi connectivity index (χ3v) is 4.05. The van der Waals surface area contributed by atoms with E-state index in [1.165, 1.54) is 5.56 Å². The molecule has 100 valence electrons. The maximum Gasteiger partial charge on any atom is 0.0564 e. The zero-order chi connectivity index (χ0) is 13.0. The molecule has 0 aromatic heterocycles. The van der Waals surface area contributed by atoms with Crippen molar-refractivity contribution in [1.29, 1.82) is 0 Å². The summed E-state index contributed by atoms with van der Waals surface area (Å²) in [5, 5.41) is 9.55. The van der Waals surface area contributed by atoms with E-state index < -0.39 is 0 Å². The predicted molar refractivity (Wildman–Crippen MR) is 74.5 cm³/mol. The van der Waals surface area contributed by atoms with Gasteiger partial charge in [0, 0.05) is 31.6 Å².